The molecule has 2 aromatic carbocycles. The summed E-state index contributed by atoms with van der Waals surface area (Å²) in [5, 5.41) is 0. The Morgan fingerprint density at radius 2 is 1.84 bits per heavy atom. The summed E-state index contributed by atoms with van der Waals surface area (Å²) in [4.78, 5) is 2.48. The van der Waals surface area contributed by atoms with Gasteiger partial charge in [-0.3, -0.25) is 4.90 Å². The maximum Gasteiger partial charge on any atom is 0.123 e. The van der Waals surface area contributed by atoms with Crippen LogP contribution in [0, 0.1) is 5.82 Å². The Balaban J connectivity index is 1.76. The van der Waals surface area contributed by atoms with Gasteiger partial charge in [0.2, 0.25) is 0 Å². The molecule has 0 spiro atoms. The Morgan fingerprint density at radius 1 is 1.12 bits per heavy atom. The summed E-state index contributed by atoms with van der Waals surface area (Å²) in [5.74, 6) is 0.819. The molecular weight excluding hydrogens is 313 g/mol. The quantitative estimate of drug-likeness (QED) is 0.709. The van der Waals surface area contributed by atoms with Crippen molar-refractivity contribution in [2.24, 2.45) is 0 Å². The highest BCUT2D eigenvalue weighted by Gasteiger charge is 2.31. The normalized spacial score (nSPS) is 20.9. The van der Waals surface area contributed by atoms with E-state index in [0.29, 0.717) is 5.92 Å². The molecule has 2 aromatic rings. The number of halogens is 1. The van der Waals surface area contributed by atoms with Crippen LogP contribution in [0.25, 0.3) is 0 Å². The van der Waals surface area contributed by atoms with E-state index in [1.165, 1.54) is 23.3 Å². The zero-order valence-corrected chi connectivity index (χ0v) is 15.0. The summed E-state index contributed by atoms with van der Waals surface area (Å²) in [7, 11) is 0. The van der Waals surface area contributed by atoms with Crippen molar-refractivity contribution >= 4 is 0 Å². The molecule has 0 aromatic heterocycles. The van der Waals surface area contributed by atoms with Crippen molar-refractivity contribution in [1.82, 2.24) is 4.90 Å². The number of hydrogen-bond donors (Lipinski definition) is 0. The number of allylic oxidation sites excluding steroid dienone is 1. The molecule has 2 nitrogen and oxygen atoms in total. The van der Waals surface area contributed by atoms with Gasteiger partial charge < -0.3 is 4.74 Å². The molecule has 25 heavy (non-hydrogen) atoms. The van der Waals surface area contributed by atoms with Crippen LogP contribution < -0.4 is 4.74 Å². The van der Waals surface area contributed by atoms with E-state index in [0.717, 1.165) is 31.8 Å². The molecule has 0 saturated carbocycles. The van der Waals surface area contributed by atoms with Crippen LogP contribution in [0.2, 0.25) is 0 Å². The van der Waals surface area contributed by atoms with Gasteiger partial charge in [-0.15, -0.1) is 0 Å². The minimum Gasteiger partial charge on any atom is -0.490 e. The van der Waals surface area contributed by atoms with Gasteiger partial charge in [-0.1, -0.05) is 42.0 Å². The smallest absolute Gasteiger partial charge is 0.123 e. The van der Waals surface area contributed by atoms with Crippen molar-refractivity contribution in [1.29, 1.82) is 0 Å². The highest BCUT2D eigenvalue weighted by atomic mass is 19.1. The second-order valence-electron chi connectivity index (χ2n) is 6.96. The van der Waals surface area contributed by atoms with Crippen LogP contribution in [0.1, 0.15) is 31.7 Å². The monoisotopic (exact) mass is 339 g/mol. The first-order chi connectivity index (χ1) is 12.1. The molecule has 132 valence electrons. The molecule has 1 heterocycles. The van der Waals surface area contributed by atoms with Crippen molar-refractivity contribution in [3.05, 3.63) is 77.6 Å². The van der Waals surface area contributed by atoms with Crippen LogP contribution >= 0.6 is 0 Å². The van der Waals surface area contributed by atoms with E-state index in [4.69, 9.17) is 4.74 Å². The van der Waals surface area contributed by atoms with Crippen molar-refractivity contribution in [3.8, 4) is 5.75 Å². The fraction of sp³-hybridized carbons (Fsp3) is 0.364. The van der Waals surface area contributed by atoms with Crippen LogP contribution in [-0.2, 0) is 0 Å². The Morgan fingerprint density at radius 3 is 2.52 bits per heavy atom. The van der Waals surface area contributed by atoms with Crippen LogP contribution in [-0.4, -0.2) is 30.6 Å². The van der Waals surface area contributed by atoms with Crippen LogP contribution in [0.3, 0.4) is 0 Å². The zero-order valence-electron chi connectivity index (χ0n) is 15.0. The molecule has 0 radical (unpaired) electrons. The number of hydrogen-bond acceptors (Lipinski definition) is 2. The zero-order chi connectivity index (χ0) is 17.6. The van der Waals surface area contributed by atoms with Crippen LogP contribution in [0.15, 0.2) is 66.2 Å². The lowest BCUT2D eigenvalue weighted by Crippen LogP contribution is -2.44. The van der Waals surface area contributed by atoms with Gasteiger partial charge in [-0.25, -0.2) is 4.39 Å². The Labute approximate surface area is 149 Å². The minimum absolute atomic E-state index is 0.107. The summed E-state index contributed by atoms with van der Waals surface area (Å²) in [6, 6.07) is 16.9. The molecule has 3 rings (SSSR count). The largest absolute Gasteiger partial charge is 0.490 e. The molecule has 0 aliphatic carbocycles. The van der Waals surface area contributed by atoms with E-state index < -0.39 is 0 Å². The van der Waals surface area contributed by atoms with Gasteiger partial charge in [0.05, 0.1) is 0 Å². The third kappa shape index (κ3) is 4.93. The number of rotatable bonds is 5. The van der Waals surface area contributed by atoms with Gasteiger partial charge in [0.1, 0.15) is 17.7 Å². The van der Waals surface area contributed by atoms with Crippen molar-refractivity contribution in [3.63, 3.8) is 0 Å². The predicted octanol–water partition coefficient (Wildman–Crippen LogP) is 5.03. The molecule has 2 atom stereocenters. The number of ether oxygens (including phenoxy) is 1. The second-order valence-corrected chi connectivity index (χ2v) is 6.96. The molecular formula is C22H26FNO. The van der Waals surface area contributed by atoms with E-state index in [-0.39, 0.29) is 11.9 Å². The molecule has 0 bridgehead atoms. The fourth-order valence-electron chi connectivity index (χ4n) is 3.32. The first kappa shape index (κ1) is 17.7. The maximum atomic E-state index is 13.1. The highest BCUT2D eigenvalue weighted by molar-refractivity contribution is 5.26. The first-order valence-corrected chi connectivity index (χ1v) is 8.94. The highest BCUT2D eigenvalue weighted by Crippen LogP contribution is 2.31. The minimum atomic E-state index is -0.233. The summed E-state index contributed by atoms with van der Waals surface area (Å²) in [6.07, 6.45) is 3.35. The topological polar surface area (TPSA) is 12.5 Å². The lowest BCUT2D eigenvalue weighted by molar-refractivity contribution is 0.0833. The van der Waals surface area contributed by atoms with E-state index >= 15 is 0 Å². The molecule has 1 aliphatic rings. The number of nitrogens with zero attached hydrogens (tertiary/aromatic N) is 1. The Bertz CT molecular complexity index is 692. The Kier molecular flexibility index (Phi) is 5.87. The van der Waals surface area contributed by atoms with Gasteiger partial charge >= 0.3 is 0 Å². The second kappa shape index (κ2) is 8.30. The van der Waals surface area contributed by atoms with Crippen LogP contribution in [0.4, 0.5) is 4.39 Å². The van der Waals surface area contributed by atoms with Crippen molar-refractivity contribution in [2.75, 3.05) is 19.6 Å². The lowest BCUT2D eigenvalue weighted by Gasteiger charge is -2.38. The van der Waals surface area contributed by atoms with Gasteiger partial charge in [0, 0.05) is 25.6 Å². The van der Waals surface area contributed by atoms with Crippen LogP contribution in [0.5, 0.6) is 5.75 Å². The molecule has 3 heteroatoms. The van der Waals surface area contributed by atoms with Crippen molar-refractivity contribution in [2.45, 2.75) is 32.3 Å². The molecule has 2 unspecified atom stereocenters. The molecule has 1 aliphatic heterocycles. The summed E-state index contributed by atoms with van der Waals surface area (Å²) in [5.41, 5.74) is 2.65. The number of likely N-dealkylation sites (tertiary alicyclic amines) is 1. The fourth-order valence-corrected chi connectivity index (χ4v) is 3.32. The average Bonchev–Trinajstić information content (AvgIpc) is 2.63. The molecule has 0 N–H and O–H groups in total. The number of piperidine rings is 1. The number of benzene rings is 2. The van der Waals surface area contributed by atoms with Crippen molar-refractivity contribution < 1.29 is 9.13 Å². The van der Waals surface area contributed by atoms with E-state index in [9.17, 15) is 4.39 Å². The first-order valence-electron chi connectivity index (χ1n) is 8.94. The summed E-state index contributed by atoms with van der Waals surface area (Å²) in [6.45, 7) is 7.24. The maximum absolute atomic E-state index is 13.1. The van der Waals surface area contributed by atoms with Gasteiger partial charge in [0.25, 0.3) is 0 Å². The molecule has 1 saturated heterocycles. The molecule has 0 amide bonds. The predicted molar refractivity (Wildman–Crippen MR) is 100 cm³/mol. The van der Waals surface area contributed by atoms with Gasteiger partial charge in [-0.05, 0) is 50.1 Å². The standard InChI is InChI=1S/C22H26FNO/c1-17(2)12-14-24-15-13-22(25-20-10-8-19(23)9-11-20)21(16-24)18-6-4-3-5-7-18/h3-12,21-22H,13-16H2,1-2H3. The van der Waals surface area contributed by atoms with E-state index in [1.807, 2.05) is 6.07 Å². The molecule has 1 fully saturated rings. The third-order valence-electron chi connectivity index (χ3n) is 4.72. The summed E-state index contributed by atoms with van der Waals surface area (Å²) >= 11 is 0. The SMILES string of the molecule is CC(C)=CCN1CCC(Oc2ccc(F)cc2)C(c2ccccc2)C1. The Hall–Kier alpha value is -2.13. The van der Waals surface area contributed by atoms with E-state index in [2.05, 4.69) is 49.1 Å². The average molecular weight is 339 g/mol. The third-order valence-corrected chi connectivity index (χ3v) is 4.72. The van der Waals surface area contributed by atoms with Gasteiger partial charge in [-0.2, -0.15) is 0 Å². The van der Waals surface area contributed by atoms with E-state index in [1.54, 1.807) is 12.1 Å². The van der Waals surface area contributed by atoms with Gasteiger partial charge in [0.15, 0.2) is 0 Å². The summed E-state index contributed by atoms with van der Waals surface area (Å²) < 4.78 is 19.4. The lowest BCUT2D eigenvalue weighted by atomic mass is 9.87.